The van der Waals surface area contributed by atoms with Crippen molar-refractivity contribution >= 4 is 51.2 Å². The van der Waals surface area contributed by atoms with Crippen LogP contribution in [0.2, 0.25) is 5.02 Å². The number of carbonyl (C=O) groups is 2. The molecule has 0 aliphatic carbocycles. The number of unbranched alkanes of at least 4 members (excludes halogenated alkanes) is 1. The number of carbonyl (C=O) groups excluding carboxylic acids is 2. The van der Waals surface area contributed by atoms with E-state index in [4.69, 9.17) is 25.8 Å². The third-order valence-electron chi connectivity index (χ3n) is 5.21. The van der Waals surface area contributed by atoms with Gasteiger partial charge in [-0.1, -0.05) is 43.1 Å². The van der Waals surface area contributed by atoms with E-state index in [1.165, 1.54) is 6.08 Å². The van der Waals surface area contributed by atoms with Gasteiger partial charge >= 0.3 is 5.97 Å². The molecule has 0 heterocycles. The number of anilines is 1. The second-order valence-corrected chi connectivity index (χ2v) is 9.29. The topological polar surface area (TPSA) is 73.9 Å². The van der Waals surface area contributed by atoms with Crippen LogP contribution in [0.5, 0.6) is 11.5 Å². The molecule has 0 aliphatic rings. The highest BCUT2D eigenvalue weighted by Gasteiger charge is 2.13. The van der Waals surface area contributed by atoms with Crippen molar-refractivity contribution in [2.24, 2.45) is 0 Å². The van der Waals surface area contributed by atoms with Crippen molar-refractivity contribution in [2.45, 2.75) is 33.3 Å². The number of nitrogens with one attached hydrogen (secondary N) is 1. The summed E-state index contributed by atoms with van der Waals surface area (Å²) in [6.07, 6.45) is 4.89. The van der Waals surface area contributed by atoms with Crippen LogP contribution in [0.3, 0.4) is 0 Å². The summed E-state index contributed by atoms with van der Waals surface area (Å²) in [4.78, 5) is 24.5. The van der Waals surface area contributed by atoms with Crippen LogP contribution in [0.25, 0.3) is 6.08 Å². The van der Waals surface area contributed by atoms with Gasteiger partial charge in [0.25, 0.3) is 0 Å². The number of esters is 1. The third kappa shape index (κ3) is 8.65. The first kappa shape index (κ1) is 28.3. The minimum absolute atomic E-state index is 0.283. The van der Waals surface area contributed by atoms with Crippen LogP contribution in [-0.4, -0.2) is 25.1 Å². The number of hydrogen-bond donors (Lipinski definition) is 1. The van der Waals surface area contributed by atoms with Gasteiger partial charge in [0.2, 0.25) is 5.91 Å². The minimum atomic E-state index is -0.374. The molecule has 0 saturated heterocycles. The second kappa shape index (κ2) is 14.4. The van der Waals surface area contributed by atoms with Crippen LogP contribution in [0.15, 0.2) is 71.2 Å². The molecule has 8 heteroatoms. The molecular formula is C29H29BrClNO5. The van der Waals surface area contributed by atoms with E-state index in [1.807, 2.05) is 44.2 Å². The molecule has 0 atom stereocenters. The lowest BCUT2D eigenvalue weighted by atomic mass is 10.1. The summed E-state index contributed by atoms with van der Waals surface area (Å²) in [7, 11) is 0. The molecule has 3 aromatic rings. The van der Waals surface area contributed by atoms with E-state index in [-0.39, 0.29) is 18.5 Å². The molecule has 3 rings (SSSR count). The van der Waals surface area contributed by atoms with E-state index in [1.54, 1.807) is 36.4 Å². The Morgan fingerprint density at radius 1 is 1.03 bits per heavy atom. The lowest BCUT2D eigenvalue weighted by Gasteiger charge is -2.15. The molecule has 37 heavy (non-hydrogen) atoms. The Kier molecular flexibility index (Phi) is 11.0. The summed E-state index contributed by atoms with van der Waals surface area (Å²) in [5.41, 5.74) is 2.62. The van der Waals surface area contributed by atoms with E-state index >= 15 is 0 Å². The van der Waals surface area contributed by atoms with Gasteiger partial charge < -0.3 is 19.5 Å². The lowest BCUT2D eigenvalue weighted by Crippen LogP contribution is -2.09. The Labute approximate surface area is 230 Å². The maximum Gasteiger partial charge on any atom is 0.338 e. The van der Waals surface area contributed by atoms with Crippen molar-refractivity contribution in [3.63, 3.8) is 0 Å². The maximum absolute atomic E-state index is 12.5. The zero-order valence-corrected chi connectivity index (χ0v) is 23.1. The number of halogens is 2. The summed E-state index contributed by atoms with van der Waals surface area (Å²) in [6, 6.07) is 17.7. The fourth-order valence-corrected chi connectivity index (χ4v) is 4.06. The van der Waals surface area contributed by atoms with E-state index in [9.17, 15) is 9.59 Å². The Bertz CT molecular complexity index is 1240. The Morgan fingerprint density at radius 3 is 2.49 bits per heavy atom. The summed E-state index contributed by atoms with van der Waals surface area (Å²) in [5.74, 6) is 0.412. The molecule has 1 N–H and O–H groups in total. The van der Waals surface area contributed by atoms with Crippen LogP contribution < -0.4 is 14.8 Å². The van der Waals surface area contributed by atoms with E-state index in [0.29, 0.717) is 45.5 Å². The van der Waals surface area contributed by atoms with Crippen LogP contribution in [0.1, 0.15) is 48.2 Å². The molecule has 0 aromatic heterocycles. The van der Waals surface area contributed by atoms with E-state index in [0.717, 1.165) is 24.0 Å². The van der Waals surface area contributed by atoms with Crippen molar-refractivity contribution in [1.82, 2.24) is 0 Å². The number of hydrogen-bond acceptors (Lipinski definition) is 5. The molecule has 0 bridgehead atoms. The molecule has 0 radical (unpaired) electrons. The fraction of sp³-hybridized carbons (Fsp3) is 0.241. The average Bonchev–Trinajstić information content (AvgIpc) is 2.88. The van der Waals surface area contributed by atoms with Gasteiger partial charge in [0.05, 0.1) is 23.2 Å². The first-order chi connectivity index (χ1) is 17.9. The number of amides is 1. The highest BCUT2D eigenvalue weighted by atomic mass is 79.9. The predicted octanol–water partition coefficient (Wildman–Crippen LogP) is 7.69. The number of benzene rings is 3. The zero-order chi connectivity index (χ0) is 26.6. The zero-order valence-electron chi connectivity index (χ0n) is 20.8. The Morgan fingerprint density at radius 2 is 1.78 bits per heavy atom. The first-order valence-electron chi connectivity index (χ1n) is 12.0. The molecule has 0 spiro atoms. The Balaban J connectivity index is 1.64. The van der Waals surface area contributed by atoms with E-state index in [2.05, 4.69) is 21.2 Å². The molecule has 6 nitrogen and oxygen atoms in total. The molecule has 0 unspecified atom stereocenters. The molecule has 0 aliphatic heterocycles. The van der Waals surface area contributed by atoms with E-state index < -0.39 is 0 Å². The number of rotatable bonds is 12. The molecular weight excluding hydrogens is 558 g/mol. The average molecular weight is 587 g/mol. The van der Waals surface area contributed by atoms with Crippen molar-refractivity contribution in [2.75, 3.05) is 18.5 Å². The van der Waals surface area contributed by atoms with Crippen molar-refractivity contribution < 1.29 is 23.8 Å². The second-order valence-electron chi connectivity index (χ2n) is 8.03. The molecule has 0 fully saturated rings. The third-order valence-corrected chi connectivity index (χ3v) is 6.17. The van der Waals surface area contributed by atoms with Crippen LogP contribution >= 0.6 is 27.5 Å². The predicted molar refractivity (Wildman–Crippen MR) is 150 cm³/mol. The van der Waals surface area contributed by atoms with Crippen LogP contribution in [0.4, 0.5) is 5.69 Å². The number of ether oxygens (including phenoxy) is 3. The molecule has 194 valence electrons. The van der Waals surface area contributed by atoms with Crippen LogP contribution in [0, 0.1) is 0 Å². The van der Waals surface area contributed by atoms with Gasteiger partial charge in [-0.25, -0.2) is 4.79 Å². The summed E-state index contributed by atoms with van der Waals surface area (Å²) in [6.45, 7) is 5.05. The van der Waals surface area contributed by atoms with Gasteiger partial charge in [0.15, 0.2) is 11.5 Å². The van der Waals surface area contributed by atoms with Crippen molar-refractivity contribution in [3.05, 3.63) is 92.9 Å². The highest BCUT2D eigenvalue weighted by molar-refractivity contribution is 9.10. The molecule has 3 aromatic carbocycles. The molecule has 1 amide bonds. The maximum atomic E-state index is 12.5. The fourth-order valence-electron chi connectivity index (χ4n) is 3.29. The van der Waals surface area contributed by atoms with Gasteiger partial charge in [-0.2, -0.15) is 0 Å². The standard InChI is InChI=1S/C29H29BrClNO5/c1-3-5-16-36-29(34)21-11-13-23(14-12-21)32-27(33)15-10-20-17-24(30)28(26(18-20)35-4-2)37-19-22-8-6-7-9-25(22)31/h6-15,17-18H,3-5,16,19H2,1-2H3,(H,32,33)/b15-10+. The highest BCUT2D eigenvalue weighted by Crippen LogP contribution is 2.38. The van der Waals surface area contributed by atoms with Crippen molar-refractivity contribution in [1.29, 1.82) is 0 Å². The molecule has 0 saturated carbocycles. The largest absolute Gasteiger partial charge is 0.490 e. The first-order valence-corrected chi connectivity index (χ1v) is 13.2. The quantitative estimate of drug-likeness (QED) is 0.134. The lowest BCUT2D eigenvalue weighted by molar-refractivity contribution is -0.111. The SMILES string of the molecule is CCCCOC(=O)c1ccc(NC(=O)/C=C/c2cc(Br)c(OCc3ccccc3Cl)c(OCC)c2)cc1. The summed E-state index contributed by atoms with van der Waals surface area (Å²) < 4.78 is 17.7. The Hall–Kier alpha value is -3.29. The smallest absolute Gasteiger partial charge is 0.338 e. The summed E-state index contributed by atoms with van der Waals surface area (Å²) >= 11 is 9.79. The van der Waals surface area contributed by atoms with Gasteiger partial charge in [0, 0.05) is 22.3 Å². The van der Waals surface area contributed by atoms with Gasteiger partial charge in [-0.15, -0.1) is 0 Å². The van der Waals surface area contributed by atoms with Crippen molar-refractivity contribution in [3.8, 4) is 11.5 Å². The van der Waals surface area contributed by atoms with Gasteiger partial charge in [0.1, 0.15) is 6.61 Å². The van der Waals surface area contributed by atoms with Crippen LogP contribution in [-0.2, 0) is 16.1 Å². The minimum Gasteiger partial charge on any atom is -0.490 e. The normalized spacial score (nSPS) is 10.8. The summed E-state index contributed by atoms with van der Waals surface area (Å²) in [5, 5.41) is 3.41. The van der Waals surface area contributed by atoms with Gasteiger partial charge in [-0.05, 0) is 83.4 Å². The monoisotopic (exact) mass is 585 g/mol. The van der Waals surface area contributed by atoms with Gasteiger partial charge in [-0.3, -0.25) is 4.79 Å².